The Morgan fingerprint density at radius 2 is 1.50 bits per heavy atom. The number of halogens is 1. The molecule has 152 valence electrons. The highest BCUT2D eigenvalue weighted by Gasteiger charge is 2.17. The van der Waals surface area contributed by atoms with Gasteiger partial charge in [0.1, 0.15) is 0 Å². The molecule has 4 rings (SSSR count). The molecule has 30 heavy (non-hydrogen) atoms. The van der Waals surface area contributed by atoms with Gasteiger partial charge < -0.3 is 0 Å². The van der Waals surface area contributed by atoms with Crippen LogP contribution in [0, 0.1) is 0 Å². The summed E-state index contributed by atoms with van der Waals surface area (Å²) in [6.45, 7) is 6.70. The van der Waals surface area contributed by atoms with Crippen LogP contribution in [0.5, 0.6) is 0 Å². The maximum absolute atomic E-state index is 6.07. The number of benzene rings is 3. The Bertz CT molecular complexity index is 1110. The molecule has 0 saturated carbocycles. The normalized spacial score (nSPS) is 11.6. The smallest absolute Gasteiger partial charge is 0.196 e. The van der Waals surface area contributed by atoms with Gasteiger partial charge in [0.05, 0.1) is 0 Å². The van der Waals surface area contributed by atoms with E-state index in [9.17, 15) is 0 Å². The summed E-state index contributed by atoms with van der Waals surface area (Å²) in [6, 6.07) is 26.8. The maximum atomic E-state index is 6.07. The van der Waals surface area contributed by atoms with E-state index < -0.39 is 0 Å². The average molecular weight is 434 g/mol. The van der Waals surface area contributed by atoms with Gasteiger partial charge in [-0.25, -0.2) is 0 Å². The highest BCUT2D eigenvalue weighted by atomic mass is 35.5. The number of para-hydroxylation sites is 1. The summed E-state index contributed by atoms with van der Waals surface area (Å²) in [5.41, 5.74) is 4.79. The largest absolute Gasteiger partial charge is 0.270 e. The molecular formula is C25H24ClN3S. The fraction of sp³-hybridized carbons (Fsp3) is 0.200. The predicted octanol–water partition coefficient (Wildman–Crippen LogP) is 7.18. The highest BCUT2D eigenvalue weighted by molar-refractivity contribution is 7.98. The minimum Gasteiger partial charge on any atom is -0.270 e. The Kier molecular flexibility index (Phi) is 5.98. The summed E-state index contributed by atoms with van der Waals surface area (Å²) in [6.07, 6.45) is 0. The minimum absolute atomic E-state index is 0.159. The van der Waals surface area contributed by atoms with Crippen molar-refractivity contribution in [3.8, 4) is 17.1 Å². The molecule has 0 saturated heterocycles. The molecular weight excluding hydrogens is 410 g/mol. The van der Waals surface area contributed by atoms with Gasteiger partial charge in [-0.15, -0.1) is 10.2 Å². The average Bonchev–Trinajstić information content (AvgIpc) is 3.17. The third kappa shape index (κ3) is 4.61. The molecule has 5 heteroatoms. The molecule has 0 aliphatic heterocycles. The molecule has 0 amide bonds. The molecule has 0 atom stereocenters. The fourth-order valence-electron chi connectivity index (χ4n) is 3.21. The number of nitrogens with zero attached hydrogens (tertiary/aromatic N) is 3. The molecule has 0 fully saturated rings. The quantitative estimate of drug-likeness (QED) is 0.312. The Balaban J connectivity index is 1.64. The van der Waals surface area contributed by atoms with E-state index in [0.717, 1.165) is 28.0 Å². The second-order valence-electron chi connectivity index (χ2n) is 8.22. The van der Waals surface area contributed by atoms with Crippen LogP contribution < -0.4 is 0 Å². The molecule has 1 aromatic heterocycles. The van der Waals surface area contributed by atoms with E-state index in [2.05, 4.69) is 71.9 Å². The van der Waals surface area contributed by atoms with E-state index in [1.807, 2.05) is 42.5 Å². The molecule has 4 aromatic rings. The molecule has 0 bridgehead atoms. The van der Waals surface area contributed by atoms with Crippen molar-refractivity contribution in [2.75, 3.05) is 0 Å². The Labute approximate surface area is 187 Å². The van der Waals surface area contributed by atoms with Gasteiger partial charge in [-0.05, 0) is 52.9 Å². The van der Waals surface area contributed by atoms with Gasteiger partial charge in [-0.2, -0.15) is 0 Å². The second-order valence-corrected chi connectivity index (χ2v) is 9.60. The Morgan fingerprint density at radius 1 is 0.833 bits per heavy atom. The van der Waals surface area contributed by atoms with Gasteiger partial charge >= 0.3 is 0 Å². The molecule has 0 spiro atoms. The van der Waals surface area contributed by atoms with Gasteiger partial charge in [0.25, 0.3) is 0 Å². The third-order valence-electron chi connectivity index (χ3n) is 4.94. The van der Waals surface area contributed by atoms with E-state index in [1.54, 1.807) is 11.8 Å². The lowest BCUT2D eigenvalue weighted by Gasteiger charge is -2.19. The van der Waals surface area contributed by atoms with Crippen molar-refractivity contribution in [2.45, 2.75) is 37.1 Å². The lowest BCUT2D eigenvalue weighted by atomic mass is 9.87. The second kappa shape index (κ2) is 8.66. The van der Waals surface area contributed by atoms with Crippen LogP contribution in [-0.4, -0.2) is 14.8 Å². The first-order valence-electron chi connectivity index (χ1n) is 9.91. The van der Waals surface area contributed by atoms with Crippen molar-refractivity contribution in [1.82, 2.24) is 14.8 Å². The van der Waals surface area contributed by atoms with Crippen molar-refractivity contribution in [3.05, 3.63) is 95.0 Å². The van der Waals surface area contributed by atoms with Crippen molar-refractivity contribution >= 4 is 23.4 Å². The first kappa shape index (κ1) is 20.7. The molecule has 0 aliphatic carbocycles. The van der Waals surface area contributed by atoms with Crippen LogP contribution in [0.15, 0.2) is 84.0 Å². The van der Waals surface area contributed by atoms with Gasteiger partial charge in [0.15, 0.2) is 11.0 Å². The standard InChI is InChI=1S/C25H24ClN3S/c1-25(2,3)20-13-9-18(10-14-20)17-30-24-28-27-23(19-11-15-21(26)16-12-19)29(24)22-7-5-4-6-8-22/h4-16H,17H2,1-3H3. The van der Waals surface area contributed by atoms with E-state index >= 15 is 0 Å². The van der Waals surface area contributed by atoms with Crippen LogP contribution in [0.25, 0.3) is 17.1 Å². The minimum atomic E-state index is 0.159. The molecule has 0 aliphatic rings. The van der Waals surface area contributed by atoms with Gasteiger partial charge in [0.2, 0.25) is 0 Å². The van der Waals surface area contributed by atoms with E-state index in [4.69, 9.17) is 11.6 Å². The van der Waals surface area contributed by atoms with Crippen LogP contribution in [-0.2, 0) is 11.2 Å². The molecule has 0 radical (unpaired) electrons. The fourth-order valence-corrected chi connectivity index (χ4v) is 4.24. The number of aromatic nitrogens is 3. The van der Waals surface area contributed by atoms with Crippen LogP contribution >= 0.6 is 23.4 Å². The number of hydrogen-bond acceptors (Lipinski definition) is 3. The van der Waals surface area contributed by atoms with Crippen molar-refractivity contribution in [2.24, 2.45) is 0 Å². The van der Waals surface area contributed by atoms with E-state index in [0.29, 0.717) is 5.02 Å². The monoisotopic (exact) mass is 433 g/mol. The third-order valence-corrected chi connectivity index (χ3v) is 6.19. The SMILES string of the molecule is CC(C)(C)c1ccc(CSc2nnc(-c3ccc(Cl)cc3)n2-c2ccccc2)cc1. The lowest BCUT2D eigenvalue weighted by Crippen LogP contribution is -2.10. The summed E-state index contributed by atoms with van der Waals surface area (Å²) in [5, 5.41) is 10.6. The zero-order chi connectivity index (χ0) is 21.1. The van der Waals surface area contributed by atoms with E-state index in [1.165, 1.54) is 11.1 Å². The zero-order valence-electron chi connectivity index (χ0n) is 17.3. The van der Waals surface area contributed by atoms with Gasteiger partial charge in [0, 0.05) is 22.0 Å². The topological polar surface area (TPSA) is 30.7 Å². The van der Waals surface area contributed by atoms with Gasteiger partial charge in [-0.3, -0.25) is 4.57 Å². The van der Waals surface area contributed by atoms with E-state index in [-0.39, 0.29) is 5.41 Å². The van der Waals surface area contributed by atoms with Crippen LogP contribution in [0.3, 0.4) is 0 Å². The molecule has 1 heterocycles. The van der Waals surface area contributed by atoms with Crippen molar-refractivity contribution in [3.63, 3.8) is 0 Å². The summed E-state index contributed by atoms with van der Waals surface area (Å²) in [5.74, 6) is 1.64. The summed E-state index contributed by atoms with van der Waals surface area (Å²) < 4.78 is 2.11. The van der Waals surface area contributed by atoms with Crippen LogP contribution in [0.4, 0.5) is 0 Å². The highest BCUT2D eigenvalue weighted by Crippen LogP contribution is 2.31. The van der Waals surface area contributed by atoms with Gasteiger partial charge in [-0.1, -0.05) is 86.6 Å². The number of thioether (sulfide) groups is 1. The van der Waals surface area contributed by atoms with Crippen molar-refractivity contribution < 1.29 is 0 Å². The summed E-state index contributed by atoms with van der Waals surface area (Å²) >= 11 is 7.76. The number of rotatable bonds is 5. The van der Waals surface area contributed by atoms with Crippen molar-refractivity contribution in [1.29, 1.82) is 0 Å². The number of hydrogen-bond donors (Lipinski definition) is 0. The summed E-state index contributed by atoms with van der Waals surface area (Å²) in [4.78, 5) is 0. The van der Waals surface area contributed by atoms with Crippen LogP contribution in [0.2, 0.25) is 5.02 Å². The summed E-state index contributed by atoms with van der Waals surface area (Å²) in [7, 11) is 0. The van der Waals surface area contributed by atoms with Crippen LogP contribution in [0.1, 0.15) is 31.9 Å². The predicted molar refractivity (Wildman–Crippen MR) is 127 cm³/mol. The molecule has 3 aromatic carbocycles. The first-order chi connectivity index (χ1) is 14.4. The maximum Gasteiger partial charge on any atom is 0.196 e. The molecule has 0 unspecified atom stereocenters. The Morgan fingerprint density at radius 3 is 2.13 bits per heavy atom. The Hall–Kier alpha value is -2.56. The zero-order valence-corrected chi connectivity index (χ0v) is 18.9. The lowest BCUT2D eigenvalue weighted by molar-refractivity contribution is 0.590. The molecule has 3 nitrogen and oxygen atoms in total. The first-order valence-corrected chi connectivity index (χ1v) is 11.3. The molecule has 0 N–H and O–H groups in total.